The first-order valence-corrected chi connectivity index (χ1v) is 16.8. The van der Waals surface area contributed by atoms with Crippen molar-refractivity contribution in [3.05, 3.63) is 22.7 Å². The summed E-state index contributed by atoms with van der Waals surface area (Å²) in [5.74, 6) is 2.31. The molecule has 1 aliphatic carbocycles. The van der Waals surface area contributed by atoms with Crippen LogP contribution in [0.4, 0.5) is 0 Å². The van der Waals surface area contributed by atoms with Gasteiger partial charge in [-0.3, -0.25) is 0 Å². The van der Waals surface area contributed by atoms with Gasteiger partial charge in [-0.2, -0.15) is 14.1 Å². The minimum atomic E-state index is -1.70. The third kappa shape index (κ3) is 10.6. The molecule has 0 amide bonds. The summed E-state index contributed by atoms with van der Waals surface area (Å²) in [4.78, 5) is 10.8. The second-order valence-corrected chi connectivity index (χ2v) is 20.3. The molecule has 0 radical (unpaired) electrons. The molecule has 0 N–H and O–H groups in total. The van der Waals surface area contributed by atoms with Crippen LogP contribution in [0.5, 0.6) is 0 Å². The zero-order valence-electron chi connectivity index (χ0n) is 22.7. The van der Waals surface area contributed by atoms with Crippen LogP contribution < -0.4 is 0 Å². The van der Waals surface area contributed by atoms with Crippen LogP contribution in [0, 0.1) is 25.2 Å². The topological polar surface area (TPSA) is 42.3 Å². The maximum absolute atomic E-state index is 5.42. The summed E-state index contributed by atoms with van der Waals surface area (Å²) >= 11 is 0. The monoisotopic (exact) mass is 517 g/mol. The SMILES string of the molecule is CC1C(C)C([Si](C)(C)[N-]C(C)(C)C)C([Si](C)(C)[N-]C(C)(C)C)C1C.C[N-]C.[CH3-].[Zr+4]. The molecule has 1 saturated carbocycles. The number of hydrogen-bond donors (Lipinski definition) is 0. The number of rotatable bonds is 4. The van der Waals surface area contributed by atoms with Crippen molar-refractivity contribution in [1.82, 2.24) is 0 Å². The van der Waals surface area contributed by atoms with Gasteiger partial charge in [0.2, 0.25) is 0 Å². The van der Waals surface area contributed by atoms with Gasteiger partial charge in [0.25, 0.3) is 0 Å². The first-order valence-electron chi connectivity index (χ1n) is 10.8. The molecule has 29 heavy (non-hydrogen) atoms. The average molecular weight is 519 g/mol. The van der Waals surface area contributed by atoms with Crippen molar-refractivity contribution in [2.45, 2.75) is 111 Å². The molecule has 3 nitrogen and oxygen atoms in total. The van der Waals surface area contributed by atoms with Crippen LogP contribution in [0.2, 0.25) is 37.3 Å². The number of hydrogen-bond acceptors (Lipinski definition) is 0. The Morgan fingerprint density at radius 1 is 0.586 bits per heavy atom. The first-order chi connectivity index (χ1) is 11.8. The Bertz CT molecular complexity index is 416. The van der Waals surface area contributed by atoms with Gasteiger partial charge in [-0.05, 0) is 17.8 Å². The Labute approximate surface area is 207 Å². The molecule has 0 heterocycles. The van der Waals surface area contributed by atoms with Gasteiger partial charge in [0.15, 0.2) is 0 Å². The van der Waals surface area contributed by atoms with Crippen molar-refractivity contribution < 1.29 is 26.2 Å². The van der Waals surface area contributed by atoms with Crippen LogP contribution in [-0.4, -0.2) is 41.6 Å². The van der Waals surface area contributed by atoms with Crippen LogP contribution in [0.1, 0.15) is 62.3 Å². The van der Waals surface area contributed by atoms with E-state index in [9.17, 15) is 0 Å². The molecule has 4 atom stereocenters. The fourth-order valence-corrected chi connectivity index (χ4v) is 17.6. The van der Waals surface area contributed by atoms with E-state index in [1.807, 2.05) is 0 Å². The van der Waals surface area contributed by atoms with Crippen molar-refractivity contribution in [2.24, 2.45) is 17.8 Å². The Hall–Kier alpha value is 1.20. The van der Waals surface area contributed by atoms with Gasteiger partial charge in [-0.1, -0.05) is 116 Å². The molecule has 172 valence electrons. The van der Waals surface area contributed by atoms with E-state index in [1.54, 1.807) is 14.1 Å². The van der Waals surface area contributed by atoms with E-state index in [1.165, 1.54) is 0 Å². The van der Waals surface area contributed by atoms with Gasteiger partial charge in [-0.25, -0.2) is 0 Å². The van der Waals surface area contributed by atoms with Crippen molar-refractivity contribution >= 4 is 16.5 Å². The standard InChI is InChI=1S/C20H44N2Si2.C2H6N.CH3.Zr/c1-14-15(2)17(23(10,11)21-19(4,5)6)18(16(14)3)24(12,13)22-20(7,8)9;1-3-2;;/h14-18H,1-13H3;1-2H3;1H3;/q-2;2*-1;+4. The average Bonchev–Trinajstić information content (AvgIpc) is 2.59. The molecule has 0 spiro atoms. The zero-order valence-corrected chi connectivity index (χ0v) is 27.2. The molecule has 0 aromatic carbocycles. The molecular weight excluding hydrogens is 466 g/mol. The van der Waals surface area contributed by atoms with Crippen LogP contribution in [0.25, 0.3) is 15.3 Å². The Morgan fingerprint density at radius 2 is 0.793 bits per heavy atom. The first kappa shape index (κ1) is 34.8. The molecular formula is C23H53N3Si2Zr. The van der Waals surface area contributed by atoms with Crippen LogP contribution in [-0.2, 0) is 26.2 Å². The van der Waals surface area contributed by atoms with Gasteiger partial charge >= 0.3 is 26.2 Å². The van der Waals surface area contributed by atoms with Crippen LogP contribution in [0.3, 0.4) is 0 Å². The summed E-state index contributed by atoms with van der Waals surface area (Å²) in [7, 11) is 0.0983. The van der Waals surface area contributed by atoms with E-state index in [0.717, 1.165) is 28.8 Å². The molecule has 6 heteroatoms. The van der Waals surface area contributed by atoms with Crippen molar-refractivity contribution in [1.29, 1.82) is 0 Å². The maximum atomic E-state index is 5.42. The fraction of sp³-hybridized carbons (Fsp3) is 0.957. The van der Waals surface area contributed by atoms with Crippen LogP contribution in [0.15, 0.2) is 0 Å². The predicted octanol–water partition coefficient (Wildman–Crippen LogP) is 8.47. The van der Waals surface area contributed by atoms with E-state index in [0.29, 0.717) is 0 Å². The van der Waals surface area contributed by atoms with Crippen molar-refractivity contribution in [3.63, 3.8) is 0 Å². The molecule has 1 fully saturated rings. The maximum Gasteiger partial charge on any atom is 4.00 e. The summed E-state index contributed by atoms with van der Waals surface area (Å²) in [6, 6.07) is 0. The summed E-state index contributed by atoms with van der Waals surface area (Å²) in [5.41, 5.74) is 1.66. The summed E-state index contributed by atoms with van der Waals surface area (Å²) in [6.07, 6.45) is 0. The third-order valence-electron chi connectivity index (χ3n) is 6.06. The molecule has 4 unspecified atom stereocenters. The van der Waals surface area contributed by atoms with E-state index in [-0.39, 0.29) is 44.7 Å². The predicted molar refractivity (Wildman–Crippen MR) is 138 cm³/mol. The van der Waals surface area contributed by atoms with E-state index in [2.05, 4.69) is 93.8 Å². The molecule has 0 saturated heterocycles. The largest absolute Gasteiger partial charge is 4.00 e. The second-order valence-electron chi connectivity index (χ2n) is 11.9. The van der Waals surface area contributed by atoms with Gasteiger partial charge in [-0.15, -0.1) is 11.1 Å². The van der Waals surface area contributed by atoms with E-state index < -0.39 is 16.5 Å². The molecule has 0 bridgehead atoms. The van der Waals surface area contributed by atoms with Crippen LogP contribution >= 0.6 is 0 Å². The molecule has 1 aliphatic rings. The minimum absolute atomic E-state index is 0. The smallest absolute Gasteiger partial charge is 0.668 e. The van der Waals surface area contributed by atoms with Gasteiger partial charge in [0, 0.05) is 0 Å². The summed E-state index contributed by atoms with van der Waals surface area (Å²) in [5, 5.41) is 3.50. The Balaban J connectivity index is -0.00000127. The van der Waals surface area contributed by atoms with Gasteiger partial charge < -0.3 is 22.7 Å². The summed E-state index contributed by atoms with van der Waals surface area (Å²) in [6.45, 7) is 31.1. The molecule has 0 aromatic heterocycles. The quantitative estimate of drug-likeness (QED) is 0.264. The van der Waals surface area contributed by atoms with Gasteiger partial charge in [0.1, 0.15) is 0 Å². The fourth-order valence-electron chi connectivity index (χ4n) is 5.83. The summed E-state index contributed by atoms with van der Waals surface area (Å²) < 4.78 is 0. The normalized spacial score (nSPS) is 28.0. The third-order valence-corrected chi connectivity index (χ3v) is 13.9. The molecule has 0 aliphatic heterocycles. The Morgan fingerprint density at radius 3 is 0.966 bits per heavy atom. The molecule has 1 rings (SSSR count). The van der Waals surface area contributed by atoms with E-state index >= 15 is 0 Å². The second kappa shape index (κ2) is 12.4. The Kier molecular flexibility index (Phi) is 14.9. The molecule has 0 aromatic rings. The van der Waals surface area contributed by atoms with Crippen molar-refractivity contribution in [2.75, 3.05) is 14.1 Å². The van der Waals surface area contributed by atoms with E-state index in [4.69, 9.17) is 9.96 Å². The zero-order chi connectivity index (χ0) is 22.0. The van der Waals surface area contributed by atoms with Crippen molar-refractivity contribution in [3.8, 4) is 0 Å². The van der Waals surface area contributed by atoms with Gasteiger partial charge in [0.05, 0.1) is 0 Å². The number of nitrogens with zero attached hydrogens (tertiary/aromatic N) is 3. The minimum Gasteiger partial charge on any atom is -0.668 e.